The van der Waals surface area contributed by atoms with Crippen molar-refractivity contribution in [3.8, 4) is 17.2 Å². The van der Waals surface area contributed by atoms with E-state index < -0.39 is 0 Å². The summed E-state index contributed by atoms with van der Waals surface area (Å²) < 4.78 is 16.4. The zero-order chi connectivity index (χ0) is 23.5. The summed E-state index contributed by atoms with van der Waals surface area (Å²) in [6.45, 7) is 11.2. The molecule has 7 heteroatoms. The van der Waals surface area contributed by atoms with Crippen LogP contribution < -0.4 is 24.4 Å². The predicted molar refractivity (Wildman–Crippen MR) is 129 cm³/mol. The van der Waals surface area contributed by atoms with Gasteiger partial charge in [-0.2, -0.15) is 0 Å². The zero-order valence-corrected chi connectivity index (χ0v) is 20.2. The number of hydrogen-bond donors (Lipinski definition) is 1. The van der Waals surface area contributed by atoms with Crippen LogP contribution in [-0.4, -0.2) is 58.4 Å². The molecule has 0 radical (unpaired) electrons. The Morgan fingerprint density at radius 1 is 0.938 bits per heavy atom. The van der Waals surface area contributed by atoms with Crippen molar-refractivity contribution in [2.45, 2.75) is 33.1 Å². The SMILES string of the molecule is COc1cc(N2CCN(C(=O)Nc3c(C)cccc3C(C)(C)C)CC2)cc(OC)c1OC. The molecule has 2 aromatic carbocycles. The van der Waals surface area contributed by atoms with Gasteiger partial charge in [-0.1, -0.05) is 39.0 Å². The number of piperazine rings is 1. The third kappa shape index (κ3) is 4.87. The molecule has 2 amide bonds. The zero-order valence-electron chi connectivity index (χ0n) is 20.2. The van der Waals surface area contributed by atoms with Crippen molar-refractivity contribution in [2.75, 3.05) is 57.7 Å². The van der Waals surface area contributed by atoms with E-state index >= 15 is 0 Å². The average Bonchev–Trinajstić information content (AvgIpc) is 2.78. The number of amides is 2. The van der Waals surface area contributed by atoms with Gasteiger partial charge < -0.3 is 29.3 Å². The molecule has 0 spiro atoms. The quantitative estimate of drug-likeness (QED) is 0.730. The van der Waals surface area contributed by atoms with Gasteiger partial charge in [0.1, 0.15) is 0 Å². The summed E-state index contributed by atoms with van der Waals surface area (Å²) in [5, 5.41) is 3.17. The maximum atomic E-state index is 13.1. The van der Waals surface area contributed by atoms with Crippen LogP contribution in [-0.2, 0) is 5.41 Å². The van der Waals surface area contributed by atoms with E-state index in [4.69, 9.17) is 14.2 Å². The van der Waals surface area contributed by atoms with E-state index in [9.17, 15) is 4.79 Å². The van der Waals surface area contributed by atoms with Gasteiger partial charge in [0.2, 0.25) is 5.75 Å². The van der Waals surface area contributed by atoms with Crippen LogP contribution in [0.4, 0.5) is 16.2 Å². The van der Waals surface area contributed by atoms with Crippen LogP contribution in [0.2, 0.25) is 0 Å². The van der Waals surface area contributed by atoms with Gasteiger partial charge in [0.05, 0.1) is 21.3 Å². The Bertz CT molecular complexity index is 935. The van der Waals surface area contributed by atoms with Crippen LogP contribution in [0.5, 0.6) is 17.2 Å². The lowest BCUT2D eigenvalue weighted by molar-refractivity contribution is 0.208. The first kappa shape index (κ1) is 23.6. The van der Waals surface area contributed by atoms with Gasteiger partial charge in [0, 0.05) is 49.7 Å². The number of hydrogen-bond acceptors (Lipinski definition) is 5. The van der Waals surface area contributed by atoms with Gasteiger partial charge in [-0.25, -0.2) is 4.79 Å². The Hall–Kier alpha value is -3.09. The molecule has 32 heavy (non-hydrogen) atoms. The number of aryl methyl sites for hydroxylation is 1. The minimum Gasteiger partial charge on any atom is -0.493 e. The van der Waals surface area contributed by atoms with E-state index in [0.717, 1.165) is 22.5 Å². The molecule has 1 aliphatic heterocycles. The number of para-hydroxylation sites is 1. The highest BCUT2D eigenvalue weighted by atomic mass is 16.5. The molecule has 0 bridgehead atoms. The average molecular weight is 442 g/mol. The Morgan fingerprint density at radius 3 is 2.03 bits per heavy atom. The first-order valence-electron chi connectivity index (χ1n) is 10.9. The number of nitrogens with one attached hydrogen (secondary N) is 1. The van der Waals surface area contributed by atoms with Crippen molar-refractivity contribution in [1.29, 1.82) is 0 Å². The van der Waals surface area contributed by atoms with Gasteiger partial charge in [-0.05, 0) is 23.5 Å². The topological polar surface area (TPSA) is 63.3 Å². The number of carbonyl (C=O) groups excluding carboxylic acids is 1. The van der Waals surface area contributed by atoms with Crippen molar-refractivity contribution in [3.63, 3.8) is 0 Å². The third-order valence-corrected chi connectivity index (χ3v) is 5.89. The van der Waals surface area contributed by atoms with E-state index in [1.807, 2.05) is 36.1 Å². The van der Waals surface area contributed by atoms with E-state index in [1.165, 1.54) is 0 Å². The van der Waals surface area contributed by atoms with Crippen LogP contribution in [0, 0.1) is 6.92 Å². The number of carbonyl (C=O) groups is 1. The number of benzene rings is 2. The standard InChI is InChI=1S/C25H35N3O4/c1-17-9-8-10-19(25(2,3)4)22(17)26-24(29)28-13-11-27(12-14-28)18-15-20(30-5)23(32-7)21(16-18)31-6/h8-10,15-16H,11-14H2,1-7H3,(H,26,29). The molecule has 1 fully saturated rings. The fourth-order valence-corrected chi connectivity index (χ4v) is 4.06. The minimum absolute atomic E-state index is 0.0557. The molecule has 1 N–H and O–H groups in total. The van der Waals surface area contributed by atoms with E-state index in [0.29, 0.717) is 43.4 Å². The molecular weight excluding hydrogens is 406 g/mol. The molecule has 7 nitrogen and oxygen atoms in total. The second kappa shape index (κ2) is 9.59. The fraction of sp³-hybridized carbons (Fsp3) is 0.480. The molecule has 1 aliphatic rings. The summed E-state index contributed by atoms with van der Waals surface area (Å²) in [6.07, 6.45) is 0. The summed E-state index contributed by atoms with van der Waals surface area (Å²) in [6, 6.07) is 9.99. The van der Waals surface area contributed by atoms with Crippen LogP contribution in [0.1, 0.15) is 31.9 Å². The van der Waals surface area contributed by atoms with Crippen molar-refractivity contribution in [2.24, 2.45) is 0 Å². The number of anilines is 2. The minimum atomic E-state index is -0.0608. The molecule has 2 aromatic rings. The van der Waals surface area contributed by atoms with Crippen molar-refractivity contribution in [1.82, 2.24) is 4.90 Å². The number of ether oxygens (including phenoxy) is 3. The van der Waals surface area contributed by atoms with Gasteiger partial charge in [0.15, 0.2) is 11.5 Å². The maximum Gasteiger partial charge on any atom is 0.321 e. The van der Waals surface area contributed by atoms with Gasteiger partial charge in [0.25, 0.3) is 0 Å². The number of urea groups is 1. The number of nitrogens with zero attached hydrogens (tertiary/aromatic N) is 2. The number of methoxy groups -OCH3 is 3. The van der Waals surface area contributed by atoms with E-state index in [1.54, 1.807) is 21.3 Å². The number of rotatable bonds is 5. The maximum absolute atomic E-state index is 13.1. The first-order chi connectivity index (χ1) is 15.2. The molecule has 1 saturated heterocycles. The summed E-state index contributed by atoms with van der Waals surface area (Å²) in [7, 11) is 4.82. The Kier molecular flexibility index (Phi) is 7.06. The monoisotopic (exact) mass is 441 g/mol. The second-order valence-corrected chi connectivity index (χ2v) is 9.04. The van der Waals surface area contributed by atoms with E-state index in [2.05, 4.69) is 37.1 Å². The van der Waals surface area contributed by atoms with Crippen LogP contribution >= 0.6 is 0 Å². The Morgan fingerprint density at radius 2 is 1.53 bits per heavy atom. The highest BCUT2D eigenvalue weighted by molar-refractivity contribution is 5.91. The molecule has 174 valence electrons. The van der Waals surface area contributed by atoms with E-state index in [-0.39, 0.29) is 11.4 Å². The van der Waals surface area contributed by atoms with Gasteiger partial charge in [-0.15, -0.1) is 0 Å². The smallest absolute Gasteiger partial charge is 0.321 e. The molecule has 3 rings (SSSR count). The molecule has 1 heterocycles. The lowest BCUT2D eigenvalue weighted by Crippen LogP contribution is -2.50. The molecule has 0 aliphatic carbocycles. The highest BCUT2D eigenvalue weighted by Crippen LogP contribution is 2.41. The molecular formula is C25H35N3O4. The lowest BCUT2D eigenvalue weighted by atomic mass is 9.84. The largest absolute Gasteiger partial charge is 0.493 e. The van der Waals surface area contributed by atoms with Crippen LogP contribution in [0.25, 0.3) is 0 Å². The molecule has 0 unspecified atom stereocenters. The summed E-state index contributed by atoms with van der Waals surface area (Å²) >= 11 is 0. The molecule has 0 saturated carbocycles. The second-order valence-electron chi connectivity index (χ2n) is 9.04. The highest BCUT2D eigenvalue weighted by Gasteiger charge is 2.26. The predicted octanol–water partition coefficient (Wildman–Crippen LogP) is 4.67. The van der Waals surface area contributed by atoms with Crippen molar-refractivity contribution in [3.05, 3.63) is 41.5 Å². The van der Waals surface area contributed by atoms with Crippen LogP contribution in [0.3, 0.4) is 0 Å². The van der Waals surface area contributed by atoms with Crippen molar-refractivity contribution >= 4 is 17.4 Å². The summed E-state index contributed by atoms with van der Waals surface area (Å²) in [5.41, 5.74) is 4.05. The summed E-state index contributed by atoms with van der Waals surface area (Å²) in [4.78, 5) is 17.2. The molecule has 0 aromatic heterocycles. The fourth-order valence-electron chi connectivity index (χ4n) is 4.06. The van der Waals surface area contributed by atoms with Gasteiger partial charge >= 0.3 is 6.03 Å². The van der Waals surface area contributed by atoms with Gasteiger partial charge in [-0.3, -0.25) is 0 Å². The van der Waals surface area contributed by atoms with Crippen molar-refractivity contribution < 1.29 is 19.0 Å². The summed E-state index contributed by atoms with van der Waals surface area (Å²) in [5.74, 6) is 1.82. The lowest BCUT2D eigenvalue weighted by Gasteiger charge is -2.37. The third-order valence-electron chi connectivity index (χ3n) is 5.89. The molecule has 0 atom stereocenters. The van der Waals surface area contributed by atoms with Crippen LogP contribution in [0.15, 0.2) is 30.3 Å². The first-order valence-corrected chi connectivity index (χ1v) is 10.9. The Labute approximate surface area is 191 Å². The Balaban J connectivity index is 1.71. The normalized spacial score (nSPS) is 14.2.